The van der Waals surface area contributed by atoms with Crippen LogP contribution in [0.25, 0.3) is 0 Å². The molecule has 0 bridgehead atoms. The zero-order valence-electron chi connectivity index (χ0n) is 15.4. The minimum absolute atomic E-state index is 0.0815. The maximum Gasteiger partial charge on any atom is 0.416 e. The zero-order chi connectivity index (χ0) is 21.1. The first kappa shape index (κ1) is 21.4. The molecule has 5 nitrogen and oxygen atoms in total. The number of hydrogen-bond donors (Lipinski definition) is 0. The Balaban J connectivity index is 1.53. The highest BCUT2D eigenvalue weighted by atomic mass is 32.2. The molecule has 0 saturated carbocycles. The van der Waals surface area contributed by atoms with Crippen LogP contribution in [0.2, 0.25) is 0 Å². The number of hydrogen-bond acceptors (Lipinski definition) is 4. The van der Waals surface area contributed by atoms with Crippen molar-refractivity contribution >= 4 is 15.7 Å². The molecule has 0 spiro atoms. The lowest BCUT2D eigenvalue weighted by Crippen LogP contribution is -2.49. The van der Waals surface area contributed by atoms with Crippen LogP contribution in [-0.2, 0) is 16.2 Å². The Labute approximate surface area is 166 Å². The van der Waals surface area contributed by atoms with Gasteiger partial charge in [-0.3, -0.25) is 0 Å². The average molecular weight is 432 g/mol. The molecule has 1 aliphatic heterocycles. The normalized spacial score (nSPS) is 16.1. The highest BCUT2D eigenvalue weighted by Crippen LogP contribution is 2.32. The Morgan fingerprint density at radius 3 is 2.24 bits per heavy atom. The van der Waals surface area contributed by atoms with E-state index in [4.69, 9.17) is 4.74 Å². The van der Waals surface area contributed by atoms with Gasteiger partial charge in [-0.05, 0) is 42.5 Å². The van der Waals surface area contributed by atoms with E-state index in [9.17, 15) is 26.0 Å². The largest absolute Gasteiger partial charge is 0.492 e. The summed E-state index contributed by atoms with van der Waals surface area (Å²) >= 11 is 0. The van der Waals surface area contributed by atoms with Gasteiger partial charge >= 0.3 is 6.18 Å². The van der Waals surface area contributed by atoms with Crippen LogP contribution in [-0.4, -0.2) is 51.3 Å². The molecule has 1 heterocycles. The predicted octanol–water partition coefficient (Wildman–Crippen LogP) is 3.38. The quantitative estimate of drug-likeness (QED) is 0.657. The van der Waals surface area contributed by atoms with Crippen molar-refractivity contribution in [2.45, 2.75) is 6.18 Å². The number of anilines is 1. The minimum Gasteiger partial charge on any atom is -0.492 e. The summed E-state index contributed by atoms with van der Waals surface area (Å²) in [5.41, 5.74) is -0.320. The van der Waals surface area contributed by atoms with Gasteiger partial charge in [0.05, 0.1) is 11.3 Å². The van der Waals surface area contributed by atoms with Crippen molar-refractivity contribution < 1.29 is 30.7 Å². The van der Waals surface area contributed by atoms with E-state index in [0.29, 0.717) is 24.5 Å². The second-order valence-electron chi connectivity index (χ2n) is 6.55. The molecule has 0 atom stereocenters. The highest BCUT2D eigenvalue weighted by Gasteiger charge is 2.32. The summed E-state index contributed by atoms with van der Waals surface area (Å²) in [6, 6.07) is 10.3. The van der Waals surface area contributed by atoms with Gasteiger partial charge in [-0.1, -0.05) is 6.07 Å². The SMILES string of the molecule is O=S(=O)(CCOc1ccc(F)cc1)N1CCN(c2cccc(C(F)(F)F)c2)CC1. The lowest BCUT2D eigenvalue weighted by atomic mass is 10.1. The maximum absolute atomic E-state index is 12.9. The predicted molar refractivity (Wildman–Crippen MR) is 101 cm³/mol. The molecule has 0 N–H and O–H groups in total. The second-order valence-corrected chi connectivity index (χ2v) is 8.64. The Morgan fingerprint density at radius 2 is 1.62 bits per heavy atom. The standard InChI is InChI=1S/C19H20F4N2O3S/c20-16-4-6-18(7-5-16)28-12-13-29(26,27)25-10-8-24(9-11-25)17-3-1-2-15(14-17)19(21,22)23/h1-7,14H,8-13H2. The third-order valence-corrected chi connectivity index (χ3v) is 6.43. The molecule has 1 saturated heterocycles. The summed E-state index contributed by atoms with van der Waals surface area (Å²) < 4.78 is 83.1. The molecular weight excluding hydrogens is 412 g/mol. The molecule has 0 unspecified atom stereocenters. The number of halogens is 4. The van der Waals surface area contributed by atoms with Gasteiger partial charge in [0.1, 0.15) is 18.2 Å². The van der Waals surface area contributed by atoms with E-state index in [0.717, 1.165) is 12.1 Å². The van der Waals surface area contributed by atoms with E-state index < -0.39 is 27.6 Å². The van der Waals surface area contributed by atoms with Crippen molar-refractivity contribution in [3.8, 4) is 5.75 Å². The Hall–Kier alpha value is -2.33. The van der Waals surface area contributed by atoms with Gasteiger partial charge in [0.25, 0.3) is 0 Å². The third kappa shape index (κ3) is 5.60. The Bertz CT molecular complexity index is 925. The van der Waals surface area contributed by atoms with Crippen LogP contribution >= 0.6 is 0 Å². The number of nitrogens with zero attached hydrogens (tertiary/aromatic N) is 2. The molecule has 2 aromatic carbocycles. The van der Waals surface area contributed by atoms with Crippen LogP contribution in [0.3, 0.4) is 0 Å². The van der Waals surface area contributed by atoms with Gasteiger partial charge in [0.2, 0.25) is 10.0 Å². The van der Waals surface area contributed by atoms with Crippen LogP contribution in [0.15, 0.2) is 48.5 Å². The summed E-state index contributed by atoms with van der Waals surface area (Å²) in [7, 11) is -3.57. The van der Waals surface area contributed by atoms with Crippen molar-refractivity contribution in [3.63, 3.8) is 0 Å². The van der Waals surface area contributed by atoms with Gasteiger partial charge in [-0.2, -0.15) is 17.5 Å². The van der Waals surface area contributed by atoms with Crippen molar-refractivity contribution in [2.75, 3.05) is 43.4 Å². The van der Waals surface area contributed by atoms with Crippen molar-refractivity contribution in [1.82, 2.24) is 4.31 Å². The van der Waals surface area contributed by atoms with E-state index >= 15 is 0 Å². The summed E-state index contributed by atoms with van der Waals surface area (Å²) in [6.07, 6.45) is -4.42. The number of alkyl halides is 3. The second kappa shape index (κ2) is 8.58. The van der Waals surface area contributed by atoms with Gasteiger partial charge in [0, 0.05) is 31.9 Å². The number of benzene rings is 2. The van der Waals surface area contributed by atoms with Crippen molar-refractivity contribution in [2.24, 2.45) is 0 Å². The van der Waals surface area contributed by atoms with Crippen LogP contribution in [0.4, 0.5) is 23.2 Å². The lowest BCUT2D eigenvalue weighted by molar-refractivity contribution is -0.137. The fraction of sp³-hybridized carbons (Fsp3) is 0.368. The summed E-state index contributed by atoms with van der Waals surface area (Å²) in [5, 5.41) is 0. The summed E-state index contributed by atoms with van der Waals surface area (Å²) in [6.45, 7) is 0.852. The Morgan fingerprint density at radius 1 is 0.966 bits per heavy atom. The topological polar surface area (TPSA) is 49.9 Å². The summed E-state index contributed by atoms with van der Waals surface area (Å²) in [5.74, 6) is -0.284. The van der Waals surface area contributed by atoms with Crippen molar-refractivity contribution in [1.29, 1.82) is 0 Å². The van der Waals surface area contributed by atoms with Gasteiger partial charge < -0.3 is 9.64 Å². The number of sulfonamides is 1. The summed E-state index contributed by atoms with van der Waals surface area (Å²) in [4.78, 5) is 1.73. The van der Waals surface area contributed by atoms with E-state index in [2.05, 4.69) is 0 Å². The highest BCUT2D eigenvalue weighted by molar-refractivity contribution is 7.89. The molecule has 0 aromatic heterocycles. The van der Waals surface area contributed by atoms with Crippen LogP contribution < -0.4 is 9.64 Å². The van der Waals surface area contributed by atoms with Crippen LogP contribution in [0.5, 0.6) is 5.75 Å². The molecule has 2 aromatic rings. The molecule has 10 heteroatoms. The van der Waals surface area contributed by atoms with Crippen molar-refractivity contribution in [3.05, 3.63) is 59.9 Å². The molecule has 0 amide bonds. The minimum atomic E-state index is -4.42. The third-order valence-electron chi connectivity index (χ3n) is 4.59. The maximum atomic E-state index is 12.9. The van der Waals surface area contributed by atoms with Gasteiger partial charge in [-0.15, -0.1) is 0 Å². The van der Waals surface area contributed by atoms with E-state index in [1.54, 1.807) is 11.0 Å². The molecule has 0 aliphatic carbocycles. The zero-order valence-corrected chi connectivity index (χ0v) is 16.2. The van der Waals surface area contributed by atoms with E-state index in [-0.39, 0.29) is 25.4 Å². The number of piperazine rings is 1. The molecule has 3 rings (SSSR count). The molecule has 1 fully saturated rings. The molecular formula is C19H20F4N2O3S. The molecule has 158 valence electrons. The van der Waals surface area contributed by atoms with Gasteiger partial charge in [-0.25, -0.2) is 12.8 Å². The van der Waals surface area contributed by atoms with E-state index in [1.807, 2.05) is 0 Å². The van der Waals surface area contributed by atoms with Gasteiger partial charge in [0.15, 0.2) is 0 Å². The molecule has 29 heavy (non-hydrogen) atoms. The monoisotopic (exact) mass is 432 g/mol. The first-order valence-corrected chi connectivity index (χ1v) is 10.5. The van der Waals surface area contributed by atoms with Crippen LogP contribution in [0, 0.1) is 5.82 Å². The number of rotatable bonds is 6. The number of ether oxygens (including phenoxy) is 1. The fourth-order valence-corrected chi connectivity index (χ4v) is 4.30. The smallest absolute Gasteiger partial charge is 0.416 e. The van der Waals surface area contributed by atoms with E-state index in [1.165, 1.54) is 34.6 Å². The Kier molecular flexibility index (Phi) is 6.33. The first-order chi connectivity index (χ1) is 13.6. The fourth-order valence-electron chi connectivity index (χ4n) is 3.03. The first-order valence-electron chi connectivity index (χ1n) is 8.93. The molecule has 1 aliphatic rings. The average Bonchev–Trinajstić information content (AvgIpc) is 2.69. The lowest BCUT2D eigenvalue weighted by Gasteiger charge is -2.35. The van der Waals surface area contributed by atoms with Crippen LogP contribution in [0.1, 0.15) is 5.56 Å². The molecule has 0 radical (unpaired) electrons.